The third kappa shape index (κ3) is 5.49. The van der Waals surface area contributed by atoms with Crippen LogP contribution >= 0.6 is 0 Å². The maximum atomic E-state index is 9.58. The van der Waals surface area contributed by atoms with Gasteiger partial charge in [-0.1, -0.05) is 176 Å². The summed E-state index contributed by atoms with van der Waals surface area (Å²) in [6, 6.07) is 69.9. The Morgan fingerprint density at radius 2 is 0.672 bits per heavy atom. The fourth-order valence-electron chi connectivity index (χ4n) is 8.60. The second kappa shape index (κ2) is 13.6. The summed E-state index contributed by atoms with van der Waals surface area (Å²) in [5.41, 5.74) is 15.2. The molecule has 0 amide bonds. The van der Waals surface area contributed by atoms with E-state index >= 15 is 0 Å². The highest BCUT2D eigenvalue weighted by Gasteiger charge is 2.26. The van der Waals surface area contributed by atoms with E-state index in [1.165, 1.54) is 33.0 Å². The lowest BCUT2D eigenvalue weighted by Gasteiger charge is -2.17. The molecule has 0 unspecified atom stereocenters. The molecule has 1 heterocycles. The van der Waals surface area contributed by atoms with Crippen molar-refractivity contribution in [2.24, 2.45) is 0 Å². The average molecular weight is 737 g/mol. The third-order valence-corrected chi connectivity index (χ3v) is 11.4. The molecule has 0 fully saturated rings. The molecular formula is C54H32N4. The van der Waals surface area contributed by atoms with Crippen LogP contribution in [0.25, 0.3) is 111 Å². The van der Waals surface area contributed by atoms with E-state index in [9.17, 15) is 5.26 Å². The van der Waals surface area contributed by atoms with Crippen LogP contribution in [-0.2, 0) is 0 Å². The van der Waals surface area contributed by atoms with Gasteiger partial charge in [0.25, 0.3) is 0 Å². The van der Waals surface area contributed by atoms with Crippen LogP contribution in [0.3, 0.4) is 0 Å². The first-order valence-corrected chi connectivity index (χ1v) is 19.4. The van der Waals surface area contributed by atoms with Crippen molar-refractivity contribution in [1.29, 1.82) is 5.26 Å². The summed E-state index contributed by atoms with van der Waals surface area (Å²) >= 11 is 0. The van der Waals surface area contributed by atoms with Gasteiger partial charge in [0, 0.05) is 16.7 Å². The molecule has 58 heavy (non-hydrogen) atoms. The summed E-state index contributed by atoms with van der Waals surface area (Å²) in [6.07, 6.45) is 0. The van der Waals surface area contributed by atoms with Gasteiger partial charge < -0.3 is 0 Å². The number of hydrogen-bond acceptors (Lipinski definition) is 4. The van der Waals surface area contributed by atoms with Gasteiger partial charge in [-0.2, -0.15) is 5.26 Å². The van der Waals surface area contributed by atoms with Crippen molar-refractivity contribution < 1.29 is 0 Å². The van der Waals surface area contributed by atoms with Crippen molar-refractivity contribution in [3.05, 3.63) is 200 Å². The minimum Gasteiger partial charge on any atom is -0.208 e. The Kier molecular flexibility index (Phi) is 7.84. The molecule has 1 aliphatic carbocycles. The lowest BCUT2D eigenvalue weighted by atomic mass is 9.86. The first-order valence-electron chi connectivity index (χ1n) is 19.4. The highest BCUT2D eigenvalue weighted by Crippen LogP contribution is 2.52. The summed E-state index contributed by atoms with van der Waals surface area (Å²) < 4.78 is 0. The summed E-state index contributed by atoms with van der Waals surface area (Å²) in [7, 11) is 0. The second-order valence-electron chi connectivity index (χ2n) is 14.6. The quantitative estimate of drug-likeness (QED) is 0.170. The number of aromatic nitrogens is 3. The molecule has 0 bridgehead atoms. The average Bonchev–Trinajstić information content (AvgIpc) is 3.64. The SMILES string of the molecule is N#Cc1ccc(-c2ccc3c4c(ccc(-c5ccc(-c6nc(-c7ccccc7)nc(-c7ccc(-c8ccccc8)cc7)n6)c6ccccc56)c24)-c2ccccc2-3)cc1. The van der Waals surface area contributed by atoms with Gasteiger partial charge in [-0.15, -0.1) is 0 Å². The highest BCUT2D eigenvalue weighted by molar-refractivity contribution is 6.24. The molecule has 4 nitrogen and oxygen atoms in total. The lowest BCUT2D eigenvalue weighted by Crippen LogP contribution is -2.01. The van der Waals surface area contributed by atoms with Crippen LogP contribution < -0.4 is 0 Å². The van der Waals surface area contributed by atoms with E-state index in [1.54, 1.807) is 0 Å². The molecule has 0 saturated heterocycles. The Morgan fingerprint density at radius 1 is 0.276 bits per heavy atom. The van der Waals surface area contributed by atoms with Crippen LogP contribution in [0.15, 0.2) is 194 Å². The van der Waals surface area contributed by atoms with E-state index in [0.29, 0.717) is 23.0 Å². The Labute approximate surface area is 336 Å². The molecule has 0 atom stereocenters. The third-order valence-electron chi connectivity index (χ3n) is 11.4. The number of fused-ring (bicyclic) bond motifs is 4. The first-order chi connectivity index (χ1) is 28.7. The zero-order valence-electron chi connectivity index (χ0n) is 31.3. The fraction of sp³-hybridized carbons (Fsp3) is 0. The molecule has 9 aromatic carbocycles. The first kappa shape index (κ1) is 33.3. The maximum absolute atomic E-state index is 9.58. The van der Waals surface area contributed by atoms with Crippen LogP contribution in [0.2, 0.25) is 0 Å². The Balaban J connectivity index is 1.11. The Morgan fingerprint density at radius 3 is 1.29 bits per heavy atom. The Bertz CT molecular complexity index is 3230. The molecule has 1 aliphatic rings. The van der Waals surface area contributed by atoms with Gasteiger partial charge in [0.05, 0.1) is 11.6 Å². The van der Waals surface area contributed by atoms with Crippen LogP contribution in [-0.4, -0.2) is 15.0 Å². The molecule has 0 N–H and O–H groups in total. The van der Waals surface area contributed by atoms with E-state index in [-0.39, 0.29) is 0 Å². The van der Waals surface area contributed by atoms with E-state index in [1.807, 2.05) is 48.5 Å². The minimum absolute atomic E-state index is 0.618. The molecule has 4 heteroatoms. The van der Waals surface area contributed by atoms with E-state index < -0.39 is 0 Å². The van der Waals surface area contributed by atoms with Gasteiger partial charge in [-0.25, -0.2) is 15.0 Å². The van der Waals surface area contributed by atoms with Crippen LogP contribution in [0.4, 0.5) is 0 Å². The smallest absolute Gasteiger partial charge is 0.164 e. The minimum atomic E-state index is 0.618. The number of nitrogens with zero attached hydrogens (tertiary/aromatic N) is 4. The van der Waals surface area contributed by atoms with Crippen molar-refractivity contribution in [2.45, 2.75) is 0 Å². The highest BCUT2D eigenvalue weighted by atomic mass is 15.0. The summed E-state index contributed by atoms with van der Waals surface area (Å²) in [5.74, 6) is 1.86. The van der Waals surface area contributed by atoms with Crippen molar-refractivity contribution in [3.8, 4) is 95.9 Å². The number of hydrogen-bond donors (Lipinski definition) is 0. The summed E-state index contributed by atoms with van der Waals surface area (Å²) in [4.78, 5) is 15.4. The molecule has 0 aliphatic heterocycles. The zero-order chi connectivity index (χ0) is 38.6. The van der Waals surface area contributed by atoms with Crippen molar-refractivity contribution in [3.63, 3.8) is 0 Å². The van der Waals surface area contributed by atoms with Crippen molar-refractivity contribution >= 4 is 21.5 Å². The van der Waals surface area contributed by atoms with E-state index in [0.717, 1.165) is 60.8 Å². The van der Waals surface area contributed by atoms with E-state index in [4.69, 9.17) is 15.0 Å². The molecule has 11 rings (SSSR count). The van der Waals surface area contributed by atoms with Gasteiger partial charge in [-0.3, -0.25) is 0 Å². The predicted molar refractivity (Wildman–Crippen MR) is 237 cm³/mol. The topological polar surface area (TPSA) is 62.5 Å². The molecular weight excluding hydrogens is 705 g/mol. The van der Waals surface area contributed by atoms with Gasteiger partial charge in [-0.05, 0) is 95.4 Å². The Hall–Kier alpha value is -8.00. The van der Waals surface area contributed by atoms with Gasteiger partial charge in [0.15, 0.2) is 17.5 Å². The molecule has 268 valence electrons. The van der Waals surface area contributed by atoms with E-state index in [2.05, 4.69) is 152 Å². The largest absolute Gasteiger partial charge is 0.208 e. The van der Waals surface area contributed by atoms with Crippen molar-refractivity contribution in [1.82, 2.24) is 15.0 Å². The lowest BCUT2D eigenvalue weighted by molar-refractivity contribution is 1.08. The maximum Gasteiger partial charge on any atom is 0.164 e. The number of benzene rings is 9. The molecule has 1 aromatic heterocycles. The number of rotatable bonds is 6. The van der Waals surface area contributed by atoms with Crippen LogP contribution in [0.1, 0.15) is 5.56 Å². The molecule has 0 radical (unpaired) electrons. The summed E-state index contributed by atoms with van der Waals surface area (Å²) in [6.45, 7) is 0. The summed E-state index contributed by atoms with van der Waals surface area (Å²) in [5, 5.41) is 14.2. The van der Waals surface area contributed by atoms with Crippen LogP contribution in [0, 0.1) is 11.3 Å². The van der Waals surface area contributed by atoms with Crippen LogP contribution in [0.5, 0.6) is 0 Å². The van der Waals surface area contributed by atoms with Gasteiger partial charge in [0.2, 0.25) is 0 Å². The monoisotopic (exact) mass is 736 g/mol. The fourth-order valence-corrected chi connectivity index (χ4v) is 8.60. The molecule has 10 aromatic rings. The standard InChI is InChI=1S/C54H32N4/c55-33-34-19-21-37(22-20-34)40-27-29-46-42-16-8-9-17-43(42)47-30-31-48(50(40)51(46)47)45-28-32-49(44-18-10-7-15-41(44)45)54-57-52(38-13-5-2-6-14-38)56-53(58-54)39-25-23-36(24-26-39)35-11-3-1-4-12-35/h1-32H. The van der Waals surface area contributed by atoms with Gasteiger partial charge in [0.1, 0.15) is 0 Å². The number of nitriles is 1. The predicted octanol–water partition coefficient (Wildman–Crippen LogP) is 13.7. The molecule has 0 saturated carbocycles. The van der Waals surface area contributed by atoms with Crippen molar-refractivity contribution in [2.75, 3.05) is 0 Å². The second-order valence-corrected chi connectivity index (χ2v) is 14.6. The molecule has 0 spiro atoms. The zero-order valence-corrected chi connectivity index (χ0v) is 31.3. The normalized spacial score (nSPS) is 11.4. The van der Waals surface area contributed by atoms with Gasteiger partial charge >= 0.3 is 0 Å².